The number of rotatable bonds is 5. The Kier molecular flexibility index (Phi) is 5.13. The molecule has 1 fully saturated rings. The van der Waals surface area contributed by atoms with E-state index >= 15 is 0 Å². The van der Waals surface area contributed by atoms with Crippen LogP contribution in [0, 0.1) is 12.8 Å². The lowest BCUT2D eigenvalue weighted by Crippen LogP contribution is -2.35. The molecule has 0 N–H and O–H groups in total. The predicted octanol–water partition coefficient (Wildman–Crippen LogP) is 2.46. The minimum Gasteiger partial charge on any atom is -0.476 e. The van der Waals surface area contributed by atoms with Crippen LogP contribution < -0.4 is 4.74 Å². The second-order valence-electron chi connectivity index (χ2n) is 6.04. The summed E-state index contributed by atoms with van der Waals surface area (Å²) in [6.45, 7) is 5.61. The van der Waals surface area contributed by atoms with Crippen LogP contribution in [-0.2, 0) is 13.6 Å². The van der Waals surface area contributed by atoms with E-state index in [0.717, 1.165) is 44.1 Å². The molecule has 0 spiro atoms. The van der Waals surface area contributed by atoms with Gasteiger partial charge in [-0.2, -0.15) is 0 Å². The molecular formula is C16H22ClN5O. The van der Waals surface area contributed by atoms with E-state index in [1.165, 1.54) is 0 Å². The molecule has 124 valence electrons. The first-order valence-corrected chi connectivity index (χ1v) is 8.32. The lowest BCUT2D eigenvalue weighted by molar-refractivity contribution is 0.132. The number of hydrogen-bond acceptors (Lipinski definition) is 5. The van der Waals surface area contributed by atoms with Crippen LogP contribution in [0.4, 0.5) is 0 Å². The Labute approximate surface area is 141 Å². The fourth-order valence-electron chi connectivity index (χ4n) is 2.77. The van der Waals surface area contributed by atoms with E-state index in [4.69, 9.17) is 16.3 Å². The third-order valence-electron chi connectivity index (χ3n) is 4.44. The summed E-state index contributed by atoms with van der Waals surface area (Å²) in [5.41, 5.74) is 0. The third kappa shape index (κ3) is 4.00. The number of aromatic nitrogens is 4. The first kappa shape index (κ1) is 16.2. The van der Waals surface area contributed by atoms with Crippen molar-refractivity contribution in [3.05, 3.63) is 35.0 Å². The van der Waals surface area contributed by atoms with Crippen molar-refractivity contribution < 1.29 is 4.74 Å². The molecule has 1 aliphatic rings. The number of nitrogens with zero attached hydrogens (tertiary/aromatic N) is 5. The molecule has 2 aromatic rings. The van der Waals surface area contributed by atoms with Crippen molar-refractivity contribution in [1.29, 1.82) is 0 Å². The molecular weight excluding hydrogens is 314 g/mol. The highest BCUT2D eigenvalue weighted by atomic mass is 35.5. The quantitative estimate of drug-likeness (QED) is 0.840. The average Bonchev–Trinajstić information content (AvgIpc) is 2.87. The normalized spacial score (nSPS) is 16.7. The van der Waals surface area contributed by atoms with Crippen LogP contribution in [0.5, 0.6) is 5.88 Å². The van der Waals surface area contributed by atoms with Crippen LogP contribution in [0.3, 0.4) is 0 Å². The van der Waals surface area contributed by atoms with E-state index in [9.17, 15) is 0 Å². The van der Waals surface area contributed by atoms with Gasteiger partial charge in [-0.3, -0.25) is 4.90 Å². The Hall–Kier alpha value is -1.66. The van der Waals surface area contributed by atoms with E-state index < -0.39 is 0 Å². The summed E-state index contributed by atoms with van der Waals surface area (Å²) >= 11 is 6.06. The Balaban J connectivity index is 1.45. The van der Waals surface area contributed by atoms with Crippen molar-refractivity contribution in [2.24, 2.45) is 13.0 Å². The van der Waals surface area contributed by atoms with E-state index in [2.05, 4.69) is 24.6 Å². The maximum absolute atomic E-state index is 6.06. The van der Waals surface area contributed by atoms with Gasteiger partial charge in [0.25, 0.3) is 0 Å². The van der Waals surface area contributed by atoms with Crippen LogP contribution in [0.25, 0.3) is 0 Å². The van der Waals surface area contributed by atoms with E-state index in [-0.39, 0.29) is 0 Å². The van der Waals surface area contributed by atoms with Crippen molar-refractivity contribution in [3.8, 4) is 5.88 Å². The molecule has 6 nitrogen and oxygen atoms in total. The number of ether oxygens (including phenoxy) is 1. The van der Waals surface area contributed by atoms with Crippen molar-refractivity contribution in [2.75, 3.05) is 19.7 Å². The van der Waals surface area contributed by atoms with Gasteiger partial charge in [0.15, 0.2) is 0 Å². The molecule has 0 aromatic carbocycles. The number of aryl methyl sites for hydroxylation is 1. The second-order valence-corrected chi connectivity index (χ2v) is 6.45. The second kappa shape index (κ2) is 7.27. The largest absolute Gasteiger partial charge is 0.476 e. The standard InChI is InChI=1S/C16H22ClN5O/c1-12-19-20-15(21(12)2)10-22-8-5-13(6-9-22)11-23-16-14(17)4-3-7-18-16/h3-4,7,13H,5-6,8-11H2,1-2H3. The van der Waals surface area contributed by atoms with E-state index in [0.29, 0.717) is 23.4 Å². The average molecular weight is 336 g/mol. The Morgan fingerprint density at radius 1 is 1.30 bits per heavy atom. The Morgan fingerprint density at radius 2 is 2.09 bits per heavy atom. The van der Waals surface area contributed by atoms with Crippen LogP contribution in [0.15, 0.2) is 18.3 Å². The maximum atomic E-state index is 6.06. The first-order chi connectivity index (χ1) is 11.1. The monoisotopic (exact) mass is 335 g/mol. The van der Waals surface area contributed by atoms with Crippen LogP contribution in [0.1, 0.15) is 24.5 Å². The van der Waals surface area contributed by atoms with Gasteiger partial charge in [-0.1, -0.05) is 11.6 Å². The molecule has 2 aromatic heterocycles. The van der Waals surface area contributed by atoms with Gasteiger partial charge in [0.05, 0.1) is 13.2 Å². The summed E-state index contributed by atoms with van der Waals surface area (Å²) in [6.07, 6.45) is 3.93. The van der Waals surface area contributed by atoms with Crippen molar-refractivity contribution in [1.82, 2.24) is 24.6 Å². The smallest absolute Gasteiger partial charge is 0.232 e. The highest BCUT2D eigenvalue weighted by molar-refractivity contribution is 6.31. The topological polar surface area (TPSA) is 56.1 Å². The molecule has 7 heteroatoms. The zero-order chi connectivity index (χ0) is 16.2. The molecule has 0 amide bonds. The zero-order valence-electron chi connectivity index (χ0n) is 13.6. The lowest BCUT2D eigenvalue weighted by Gasteiger charge is -2.31. The molecule has 0 saturated carbocycles. The van der Waals surface area contributed by atoms with Gasteiger partial charge in [-0.15, -0.1) is 10.2 Å². The molecule has 1 saturated heterocycles. The SMILES string of the molecule is Cc1nnc(CN2CCC(COc3ncccc3Cl)CC2)n1C. The highest BCUT2D eigenvalue weighted by Gasteiger charge is 2.21. The van der Waals surface area contributed by atoms with Gasteiger partial charge < -0.3 is 9.30 Å². The van der Waals surface area contributed by atoms with Gasteiger partial charge in [-0.25, -0.2) is 4.98 Å². The number of halogens is 1. The molecule has 3 heterocycles. The number of likely N-dealkylation sites (tertiary alicyclic amines) is 1. The minimum absolute atomic E-state index is 0.533. The molecule has 0 radical (unpaired) electrons. The van der Waals surface area contributed by atoms with Gasteiger partial charge in [0, 0.05) is 13.2 Å². The zero-order valence-corrected chi connectivity index (χ0v) is 14.3. The van der Waals surface area contributed by atoms with Crippen LogP contribution in [-0.4, -0.2) is 44.3 Å². The fraction of sp³-hybridized carbons (Fsp3) is 0.562. The van der Waals surface area contributed by atoms with Gasteiger partial charge in [-0.05, 0) is 50.9 Å². The van der Waals surface area contributed by atoms with Crippen molar-refractivity contribution in [2.45, 2.75) is 26.3 Å². The lowest BCUT2D eigenvalue weighted by atomic mass is 9.98. The summed E-state index contributed by atoms with van der Waals surface area (Å²) in [5.74, 6) is 3.06. The van der Waals surface area contributed by atoms with E-state index in [1.807, 2.05) is 20.0 Å². The predicted molar refractivity (Wildman–Crippen MR) is 88.5 cm³/mol. The summed E-state index contributed by atoms with van der Waals surface area (Å²) in [5, 5.41) is 8.92. The summed E-state index contributed by atoms with van der Waals surface area (Å²) in [7, 11) is 2.02. The molecule has 23 heavy (non-hydrogen) atoms. The summed E-state index contributed by atoms with van der Waals surface area (Å²) in [6, 6.07) is 3.61. The Bertz CT molecular complexity index is 652. The number of pyridine rings is 1. The maximum Gasteiger partial charge on any atom is 0.232 e. The summed E-state index contributed by atoms with van der Waals surface area (Å²) < 4.78 is 7.82. The number of piperidine rings is 1. The molecule has 0 atom stereocenters. The summed E-state index contributed by atoms with van der Waals surface area (Å²) in [4.78, 5) is 6.59. The molecule has 0 bridgehead atoms. The number of hydrogen-bond donors (Lipinski definition) is 0. The van der Waals surface area contributed by atoms with Crippen molar-refractivity contribution >= 4 is 11.6 Å². The van der Waals surface area contributed by atoms with Gasteiger partial charge in [0.1, 0.15) is 16.7 Å². The van der Waals surface area contributed by atoms with Crippen LogP contribution >= 0.6 is 11.6 Å². The first-order valence-electron chi connectivity index (χ1n) is 7.94. The third-order valence-corrected chi connectivity index (χ3v) is 4.72. The minimum atomic E-state index is 0.533. The van der Waals surface area contributed by atoms with Gasteiger partial charge >= 0.3 is 0 Å². The molecule has 1 aliphatic heterocycles. The molecule has 0 aliphatic carbocycles. The Morgan fingerprint density at radius 3 is 2.74 bits per heavy atom. The molecule has 3 rings (SSSR count). The molecule has 0 unspecified atom stereocenters. The highest BCUT2D eigenvalue weighted by Crippen LogP contribution is 2.23. The van der Waals surface area contributed by atoms with Crippen LogP contribution in [0.2, 0.25) is 5.02 Å². The van der Waals surface area contributed by atoms with Gasteiger partial charge in [0.2, 0.25) is 5.88 Å². The van der Waals surface area contributed by atoms with Crippen molar-refractivity contribution in [3.63, 3.8) is 0 Å². The fourth-order valence-corrected chi connectivity index (χ4v) is 2.95. The van der Waals surface area contributed by atoms with E-state index in [1.54, 1.807) is 12.3 Å².